The summed E-state index contributed by atoms with van der Waals surface area (Å²) < 4.78 is 0. The number of carboxylic acids is 1. The minimum absolute atomic E-state index is 0.130. The highest BCUT2D eigenvalue weighted by molar-refractivity contribution is 5.67. The number of rotatable bonds is 5. The topological polar surface area (TPSA) is 86.9 Å². The SMILES string of the molecule is Cc1ccc(N2CCN(CCC(=O)O)CC2)c([N+](=O)[O-])c1. The Morgan fingerprint density at radius 1 is 1.33 bits per heavy atom. The third-order valence-electron chi connectivity index (χ3n) is 3.68. The van der Waals surface area contributed by atoms with E-state index in [1.807, 2.05) is 17.9 Å². The number of anilines is 1. The predicted octanol–water partition coefficient (Wildman–Crippen LogP) is 1.50. The third kappa shape index (κ3) is 3.91. The summed E-state index contributed by atoms with van der Waals surface area (Å²) in [5.74, 6) is -0.799. The van der Waals surface area contributed by atoms with Crippen molar-refractivity contribution in [2.75, 3.05) is 37.6 Å². The highest BCUT2D eigenvalue weighted by atomic mass is 16.6. The second-order valence-electron chi connectivity index (χ2n) is 5.22. The van der Waals surface area contributed by atoms with Crippen LogP contribution in [-0.2, 0) is 4.79 Å². The normalized spacial score (nSPS) is 16.0. The van der Waals surface area contributed by atoms with Gasteiger partial charge in [-0.1, -0.05) is 6.07 Å². The molecule has 0 radical (unpaired) electrons. The molecule has 0 aromatic heterocycles. The van der Waals surface area contributed by atoms with E-state index >= 15 is 0 Å². The molecule has 0 unspecified atom stereocenters. The van der Waals surface area contributed by atoms with Crippen molar-refractivity contribution < 1.29 is 14.8 Å². The van der Waals surface area contributed by atoms with E-state index in [4.69, 9.17) is 5.11 Å². The standard InChI is InChI=1S/C14H19N3O4/c1-11-2-3-12(13(10-11)17(20)21)16-8-6-15(7-9-16)5-4-14(18)19/h2-3,10H,4-9H2,1H3,(H,18,19). The predicted molar refractivity (Wildman–Crippen MR) is 78.7 cm³/mol. The van der Waals surface area contributed by atoms with E-state index in [0.29, 0.717) is 25.3 Å². The lowest BCUT2D eigenvalue weighted by atomic mass is 10.1. The van der Waals surface area contributed by atoms with Gasteiger partial charge in [0.2, 0.25) is 0 Å². The van der Waals surface area contributed by atoms with Crippen molar-refractivity contribution in [3.63, 3.8) is 0 Å². The molecule has 7 nitrogen and oxygen atoms in total. The lowest BCUT2D eigenvalue weighted by Crippen LogP contribution is -2.47. The Morgan fingerprint density at radius 2 is 2.00 bits per heavy atom. The first-order valence-corrected chi connectivity index (χ1v) is 6.91. The van der Waals surface area contributed by atoms with Crippen molar-refractivity contribution in [3.05, 3.63) is 33.9 Å². The van der Waals surface area contributed by atoms with Gasteiger partial charge in [0.15, 0.2) is 0 Å². The van der Waals surface area contributed by atoms with Crippen molar-refractivity contribution in [1.82, 2.24) is 4.90 Å². The summed E-state index contributed by atoms with van der Waals surface area (Å²) >= 11 is 0. The second-order valence-corrected chi connectivity index (χ2v) is 5.22. The molecule has 0 amide bonds. The maximum atomic E-state index is 11.2. The van der Waals surface area contributed by atoms with Gasteiger partial charge < -0.3 is 10.0 Å². The number of piperazine rings is 1. The molecule has 1 saturated heterocycles. The van der Waals surface area contributed by atoms with E-state index in [1.54, 1.807) is 12.1 Å². The van der Waals surface area contributed by atoms with Crippen molar-refractivity contribution >= 4 is 17.3 Å². The van der Waals surface area contributed by atoms with Crippen LogP contribution in [0, 0.1) is 17.0 Å². The number of carbonyl (C=O) groups is 1. The molecule has 1 fully saturated rings. The van der Waals surface area contributed by atoms with Gasteiger partial charge in [0, 0.05) is 38.8 Å². The number of nitro benzene ring substituents is 1. The Hall–Kier alpha value is -2.15. The average molecular weight is 293 g/mol. The Balaban J connectivity index is 2.02. The maximum Gasteiger partial charge on any atom is 0.304 e. The third-order valence-corrected chi connectivity index (χ3v) is 3.68. The molecule has 1 aliphatic heterocycles. The Bertz CT molecular complexity index is 539. The summed E-state index contributed by atoms with van der Waals surface area (Å²) in [6.45, 7) is 5.14. The summed E-state index contributed by atoms with van der Waals surface area (Å²) in [5, 5.41) is 19.8. The molecular formula is C14H19N3O4. The van der Waals surface area contributed by atoms with Crippen molar-refractivity contribution in [1.29, 1.82) is 0 Å². The van der Waals surface area contributed by atoms with E-state index in [2.05, 4.69) is 4.90 Å². The first kappa shape index (κ1) is 15.2. The highest BCUT2D eigenvalue weighted by Gasteiger charge is 2.23. The Kier molecular flexibility index (Phi) is 4.74. The van der Waals surface area contributed by atoms with Crippen LogP contribution >= 0.6 is 0 Å². The molecule has 0 aliphatic carbocycles. The van der Waals surface area contributed by atoms with Gasteiger partial charge in [0.05, 0.1) is 11.3 Å². The fourth-order valence-electron chi connectivity index (χ4n) is 2.51. The lowest BCUT2D eigenvalue weighted by Gasteiger charge is -2.35. The van der Waals surface area contributed by atoms with E-state index < -0.39 is 5.97 Å². The Labute approximate surface area is 122 Å². The fourth-order valence-corrected chi connectivity index (χ4v) is 2.51. The molecule has 1 heterocycles. The Morgan fingerprint density at radius 3 is 2.57 bits per heavy atom. The molecule has 0 bridgehead atoms. The molecule has 114 valence electrons. The number of nitro groups is 1. The zero-order valence-corrected chi connectivity index (χ0v) is 12.0. The maximum absolute atomic E-state index is 11.2. The van der Waals surface area contributed by atoms with E-state index in [9.17, 15) is 14.9 Å². The van der Waals surface area contributed by atoms with E-state index in [-0.39, 0.29) is 17.0 Å². The van der Waals surface area contributed by atoms with Crippen molar-refractivity contribution in [3.8, 4) is 0 Å². The molecule has 2 rings (SSSR count). The first-order valence-electron chi connectivity index (χ1n) is 6.91. The minimum Gasteiger partial charge on any atom is -0.481 e. The highest BCUT2D eigenvalue weighted by Crippen LogP contribution is 2.29. The molecule has 0 spiro atoms. The number of aliphatic carboxylic acids is 1. The van der Waals surface area contributed by atoms with Crippen LogP contribution in [0.1, 0.15) is 12.0 Å². The first-order chi connectivity index (χ1) is 9.97. The van der Waals surface area contributed by atoms with Crippen LogP contribution in [0.15, 0.2) is 18.2 Å². The lowest BCUT2D eigenvalue weighted by molar-refractivity contribution is -0.384. The molecule has 1 aromatic rings. The van der Waals surface area contributed by atoms with Crippen LogP contribution in [0.2, 0.25) is 0 Å². The summed E-state index contributed by atoms with van der Waals surface area (Å²) in [5.41, 5.74) is 1.64. The minimum atomic E-state index is -0.799. The molecule has 1 N–H and O–H groups in total. The van der Waals surface area contributed by atoms with Gasteiger partial charge in [-0.25, -0.2) is 0 Å². The summed E-state index contributed by atoms with van der Waals surface area (Å²) in [6, 6.07) is 5.26. The molecule has 7 heteroatoms. The van der Waals surface area contributed by atoms with Gasteiger partial charge in [-0.05, 0) is 18.6 Å². The second kappa shape index (κ2) is 6.53. The van der Waals surface area contributed by atoms with Crippen LogP contribution in [0.25, 0.3) is 0 Å². The van der Waals surface area contributed by atoms with Gasteiger partial charge in [-0.2, -0.15) is 0 Å². The van der Waals surface area contributed by atoms with Crippen molar-refractivity contribution in [2.24, 2.45) is 0 Å². The largest absolute Gasteiger partial charge is 0.481 e. The van der Waals surface area contributed by atoms with E-state index in [1.165, 1.54) is 0 Å². The molecular weight excluding hydrogens is 274 g/mol. The molecule has 1 aliphatic rings. The average Bonchev–Trinajstić information content (AvgIpc) is 2.45. The van der Waals surface area contributed by atoms with Gasteiger partial charge in [0.1, 0.15) is 5.69 Å². The number of nitrogens with zero attached hydrogens (tertiary/aromatic N) is 3. The zero-order chi connectivity index (χ0) is 15.4. The van der Waals surface area contributed by atoms with Crippen LogP contribution in [0.4, 0.5) is 11.4 Å². The molecule has 21 heavy (non-hydrogen) atoms. The van der Waals surface area contributed by atoms with Crippen molar-refractivity contribution in [2.45, 2.75) is 13.3 Å². The quantitative estimate of drug-likeness (QED) is 0.654. The molecule has 0 saturated carbocycles. The van der Waals surface area contributed by atoms with Gasteiger partial charge in [-0.15, -0.1) is 0 Å². The summed E-state index contributed by atoms with van der Waals surface area (Å²) in [4.78, 5) is 25.4. The molecule has 0 atom stereocenters. The van der Waals surface area contributed by atoms with Crippen LogP contribution < -0.4 is 4.90 Å². The number of aryl methyl sites for hydroxylation is 1. The van der Waals surface area contributed by atoms with Crippen LogP contribution in [-0.4, -0.2) is 53.6 Å². The van der Waals surface area contributed by atoms with Gasteiger partial charge >= 0.3 is 5.97 Å². The van der Waals surface area contributed by atoms with Crippen LogP contribution in [0.3, 0.4) is 0 Å². The van der Waals surface area contributed by atoms with Gasteiger partial charge in [0.25, 0.3) is 5.69 Å². The molecule has 1 aromatic carbocycles. The zero-order valence-electron chi connectivity index (χ0n) is 12.0. The summed E-state index contributed by atoms with van der Waals surface area (Å²) in [7, 11) is 0. The monoisotopic (exact) mass is 293 g/mol. The summed E-state index contributed by atoms with van der Waals surface area (Å²) in [6.07, 6.45) is 0.130. The van der Waals surface area contributed by atoms with Crippen LogP contribution in [0.5, 0.6) is 0 Å². The number of hydrogen-bond donors (Lipinski definition) is 1. The van der Waals surface area contributed by atoms with E-state index in [0.717, 1.165) is 18.7 Å². The van der Waals surface area contributed by atoms with Gasteiger partial charge in [-0.3, -0.25) is 19.8 Å². The number of hydrogen-bond acceptors (Lipinski definition) is 5. The fraction of sp³-hybridized carbons (Fsp3) is 0.500. The smallest absolute Gasteiger partial charge is 0.304 e. The number of benzene rings is 1. The number of carboxylic acid groups (broad SMARTS) is 1.